The van der Waals surface area contributed by atoms with Gasteiger partial charge in [0.2, 0.25) is 0 Å². The zero-order valence-electron chi connectivity index (χ0n) is 22.3. The topological polar surface area (TPSA) is 185 Å². The number of H-pyrrole nitrogens is 1. The molecule has 3 N–H and O–H groups in total. The van der Waals surface area contributed by atoms with Gasteiger partial charge < -0.3 is 19.8 Å². The maximum Gasteiger partial charge on any atom is 0.411 e. The average molecular weight is 590 g/mol. The van der Waals surface area contributed by atoms with Crippen molar-refractivity contribution < 1.29 is 19.8 Å². The van der Waals surface area contributed by atoms with Crippen LogP contribution in [0.3, 0.4) is 0 Å². The Morgan fingerprint density at radius 3 is 2.67 bits per heavy atom. The van der Waals surface area contributed by atoms with Gasteiger partial charge in [-0.3, -0.25) is 19.5 Å². The summed E-state index contributed by atoms with van der Waals surface area (Å²) in [6, 6.07) is 12.5. The van der Waals surface area contributed by atoms with Crippen LogP contribution in [0.15, 0.2) is 59.8 Å². The van der Waals surface area contributed by atoms with Gasteiger partial charge in [0.1, 0.15) is 23.0 Å². The number of hydrogen-bond donors (Lipinski definition) is 3. The summed E-state index contributed by atoms with van der Waals surface area (Å²) < 4.78 is 3.32. The van der Waals surface area contributed by atoms with Crippen LogP contribution in [0.2, 0.25) is 5.15 Å². The molecule has 14 nitrogen and oxygen atoms in total. The highest BCUT2D eigenvalue weighted by Gasteiger charge is 2.29. The molecule has 0 saturated heterocycles. The number of amides is 1. The van der Waals surface area contributed by atoms with E-state index in [0.717, 1.165) is 33.0 Å². The number of nitrogens with one attached hydrogen (secondary N) is 1. The fourth-order valence-electron chi connectivity index (χ4n) is 4.89. The van der Waals surface area contributed by atoms with Gasteiger partial charge in [0.05, 0.1) is 29.3 Å². The lowest BCUT2D eigenvalue weighted by Crippen LogP contribution is -2.24. The van der Waals surface area contributed by atoms with Gasteiger partial charge in [-0.2, -0.15) is 4.68 Å². The number of rotatable bonds is 5. The zero-order valence-corrected chi connectivity index (χ0v) is 23.1. The van der Waals surface area contributed by atoms with E-state index in [1.54, 1.807) is 27.4 Å². The second-order valence-corrected chi connectivity index (χ2v) is 9.78. The minimum Gasteiger partial charge on any atom is -0.483 e. The van der Waals surface area contributed by atoms with E-state index in [0.29, 0.717) is 40.9 Å². The largest absolute Gasteiger partial charge is 0.483 e. The Morgan fingerprint density at radius 1 is 1.21 bits per heavy atom. The van der Waals surface area contributed by atoms with E-state index in [4.69, 9.17) is 26.6 Å². The second-order valence-electron chi connectivity index (χ2n) is 9.41. The van der Waals surface area contributed by atoms with Crippen LogP contribution < -0.4 is 10.5 Å². The number of nitrogens with zero attached hydrogens (tertiary/aromatic N) is 8. The SMILES string of the molecule is Cc1ccc(-n2cnnn2)c(-c2cc3n(c(=O)c2)[C@H](c2nc(-c4ccc(N(C)C(=O)O)cn4)c(Cl)[nH]2)CC3)c1.O=CO. The molecule has 1 atom stereocenters. The van der Waals surface area contributed by atoms with Gasteiger partial charge in [-0.15, -0.1) is 5.10 Å². The van der Waals surface area contributed by atoms with Crippen LogP contribution in [0.25, 0.3) is 28.2 Å². The van der Waals surface area contributed by atoms with Crippen LogP contribution in [0, 0.1) is 6.92 Å². The van der Waals surface area contributed by atoms with Gasteiger partial charge in [0, 0.05) is 24.4 Å². The number of aromatic amines is 1. The summed E-state index contributed by atoms with van der Waals surface area (Å²) in [5, 5.41) is 27.8. The van der Waals surface area contributed by atoms with Gasteiger partial charge in [0.25, 0.3) is 12.0 Å². The Morgan fingerprint density at radius 2 is 2.00 bits per heavy atom. The molecule has 5 heterocycles. The Bertz CT molecular complexity index is 1820. The third-order valence-corrected chi connectivity index (χ3v) is 7.12. The van der Waals surface area contributed by atoms with Crippen molar-refractivity contribution in [2.45, 2.75) is 25.8 Å². The van der Waals surface area contributed by atoms with Gasteiger partial charge in [-0.25, -0.2) is 9.78 Å². The molecule has 1 amide bonds. The number of aromatic nitrogens is 8. The maximum absolute atomic E-state index is 13.5. The molecular formula is C27H24ClN9O5. The number of tetrazole rings is 1. The quantitative estimate of drug-likeness (QED) is 0.256. The Labute approximate surface area is 242 Å². The summed E-state index contributed by atoms with van der Waals surface area (Å²) in [5.41, 5.74) is 5.55. The fraction of sp³-hybridized carbons (Fsp3) is 0.185. The summed E-state index contributed by atoms with van der Waals surface area (Å²) in [5.74, 6) is 0.557. The van der Waals surface area contributed by atoms with E-state index >= 15 is 0 Å². The molecule has 5 aromatic rings. The van der Waals surface area contributed by atoms with Crippen LogP contribution in [0.1, 0.15) is 29.5 Å². The lowest BCUT2D eigenvalue weighted by atomic mass is 10.0. The third-order valence-electron chi connectivity index (χ3n) is 6.85. The summed E-state index contributed by atoms with van der Waals surface area (Å²) in [6.45, 7) is 1.74. The first-order chi connectivity index (χ1) is 20.2. The monoisotopic (exact) mass is 589 g/mol. The van der Waals surface area contributed by atoms with Crippen LogP contribution in [0.4, 0.5) is 10.5 Å². The molecule has 42 heavy (non-hydrogen) atoms. The highest BCUT2D eigenvalue weighted by atomic mass is 35.5. The molecular weight excluding hydrogens is 566 g/mol. The molecule has 0 spiro atoms. The third kappa shape index (κ3) is 5.34. The number of pyridine rings is 2. The molecule has 0 radical (unpaired) electrons. The standard InChI is InChI=1S/C26H22ClN9O3.CH2O2/c1-14-3-7-20(35-13-29-32-33-35)18(9-14)15-10-16-5-8-21(36(16)22(37)11-15)25-30-23(24(27)31-25)19-6-4-17(12-28-19)34(2)26(38)39;2-1-3/h3-4,6-7,9-13,21H,5,8H2,1-2H3,(H,30,31)(H,38,39);1H,(H,2,3)/t21-;/m0./s1. The molecule has 214 valence electrons. The molecule has 15 heteroatoms. The molecule has 0 fully saturated rings. The molecule has 1 aliphatic heterocycles. The van der Waals surface area contributed by atoms with Crippen LogP contribution in [-0.4, -0.2) is 69.6 Å². The second kappa shape index (κ2) is 11.6. The van der Waals surface area contributed by atoms with Crippen molar-refractivity contribution in [3.63, 3.8) is 0 Å². The first kappa shape index (κ1) is 28.2. The molecule has 0 unspecified atom stereocenters. The number of halogens is 1. The van der Waals surface area contributed by atoms with E-state index < -0.39 is 6.09 Å². The Hall–Kier alpha value is -5.37. The Balaban J connectivity index is 0.00000113. The molecule has 1 aliphatic rings. The number of aryl methyl sites for hydroxylation is 2. The molecule has 0 bridgehead atoms. The lowest BCUT2D eigenvalue weighted by molar-refractivity contribution is -0.122. The van der Waals surface area contributed by atoms with Crippen LogP contribution in [-0.2, 0) is 11.2 Å². The molecule has 0 aliphatic carbocycles. The summed E-state index contributed by atoms with van der Waals surface area (Å²) in [4.78, 5) is 46.2. The van der Waals surface area contributed by atoms with E-state index in [-0.39, 0.29) is 18.1 Å². The van der Waals surface area contributed by atoms with Crippen molar-refractivity contribution in [2.24, 2.45) is 0 Å². The van der Waals surface area contributed by atoms with Crippen molar-refractivity contribution in [1.82, 2.24) is 39.7 Å². The van der Waals surface area contributed by atoms with E-state index in [1.807, 2.05) is 31.2 Å². The van der Waals surface area contributed by atoms with Crippen molar-refractivity contribution in [1.29, 1.82) is 0 Å². The first-order valence-corrected chi connectivity index (χ1v) is 13.0. The minimum absolute atomic E-state index is 0.151. The van der Waals surface area contributed by atoms with E-state index in [1.165, 1.54) is 19.6 Å². The van der Waals surface area contributed by atoms with Gasteiger partial charge in [-0.05, 0) is 66.1 Å². The van der Waals surface area contributed by atoms with Crippen LogP contribution in [0.5, 0.6) is 0 Å². The number of anilines is 1. The Kier molecular flexibility index (Phi) is 7.80. The number of imidazole rings is 1. The van der Waals surface area contributed by atoms with Gasteiger partial charge in [0.15, 0.2) is 0 Å². The number of carboxylic acid groups (broad SMARTS) is 2. The molecule has 0 saturated carbocycles. The summed E-state index contributed by atoms with van der Waals surface area (Å²) >= 11 is 6.50. The van der Waals surface area contributed by atoms with Gasteiger partial charge >= 0.3 is 6.09 Å². The normalized spacial score (nSPS) is 13.6. The van der Waals surface area contributed by atoms with Crippen molar-refractivity contribution >= 4 is 29.9 Å². The number of fused-ring (bicyclic) bond motifs is 1. The minimum atomic E-state index is -1.09. The van der Waals surface area contributed by atoms with Gasteiger partial charge in [-0.1, -0.05) is 23.2 Å². The van der Waals surface area contributed by atoms with Crippen molar-refractivity contribution in [3.05, 3.63) is 87.6 Å². The molecule has 6 rings (SSSR count). The maximum atomic E-state index is 13.5. The van der Waals surface area contributed by atoms with Crippen molar-refractivity contribution in [3.8, 4) is 28.2 Å². The number of benzene rings is 1. The predicted molar refractivity (Wildman–Crippen MR) is 152 cm³/mol. The summed E-state index contributed by atoms with van der Waals surface area (Å²) in [6.07, 6.45) is 3.23. The molecule has 1 aromatic carbocycles. The first-order valence-electron chi connectivity index (χ1n) is 12.6. The predicted octanol–water partition coefficient (Wildman–Crippen LogP) is 3.59. The number of hydrogen-bond acceptors (Lipinski definition) is 8. The smallest absolute Gasteiger partial charge is 0.411 e. The van der Waals surface area contributed by atoms with E-state index in [9.17, 15) is 9.59 Å². The van der Waals surface area contributed by atoms with E-state index in [2.05, 4.69) is 30.5 Å². The highest BCUT2D eigenvalue weighted by molar-refractivity contribution is 6.31. The van der Waals surface area contributed by atoms with Crippen LogP contribution >= 0.6 is 11.6 Å². The zero-order chi connectivity index (χ0) is 30.0. The lowest BCUT2D eigenvalue weighted by Gasteiger charge is -2.15. The highest BCUT2D eigenvalue weighted by Crippen LogP contribution is 2.35. The fourth-order valence-corrected chi connectivity index (χ4v) is 5.13. The average Bonchev–Trinajstić information content (AvgIpc) is 3.73. The number of carbonyl (C=O) groups is 2. The molecule has 4 aromatic heterocycles. The van der Waals surface area contributed by atoms with Crippen molar-refractivity contribution in [2.75, 3.05) is 11.9 Å². The summed E-state index contributed by atoms with van der Waals surface area (Å²) in [7, 11) is 1.44.